The topological polar surface area (TPSA) is 108 Å². The van der Waals surface area contributed by atoms with Crippen LogP contribution in [0.15, 0.2) is 72.9 Å². The first-order valence-corrected chi connectivity index (χ1v) is 23.7. The van der Waals surface area contributed by atoms with E-state index in [1.54, 1.807) is 0 Å². The Morgan fingerprint density at radius 3 is 1.51 bits per heavy atom. The third-order valence-electron chi connectivity index (χ3n) is 8.97. The van der Waals surface area contributed by atoms with Crippen LogP contribution >= 0.6 is 7.82 Å². The highest BCUT2D eigenvalue weighted by molar-refractivity contribution is 7.47. The van der Waals surface area contributed by atoms with E-state index in [1.165, 1.54) is 25.7 Å². The van der Waals surface area contributed by atoms with Crippen molar-refractivity contribution in [1.29, 1.82) is 0 Å². The Labute approximate surface area is 348 Å². The molecule has 0 aliphatic heterocycles. The number of hydrogen-bond donors (Lipinski definition) is 1. The maximum Gasteiger partial charge on any atom is 0.472 e. The van der Waals surface area contributed by atoms with E-state index < -0.39 is 26.5 Å². The van der Waals surface area contributed by atoms with Gasteiger partial charge in [-0.15, -0.1) is 0 Å². The van der Waals surface area contributed by atoms with Crippen molar-refractivity contribution in [3.05, 3.63) is 72.9 Å². The standard InChI is InChI=1S/C47H82NO8P/c1-6-8-10-12-14-16-18-20-21-22-23-24-25-26-27-28-30-32-34-36-38-40-47(50)56-45(44-55-57(51,52)54-42-41-48(3,4)5)43-53-46(49)39-37-35-33-31-29-19-17-15-13-11-9-7-2/h8,10,14-17,20-21,23-24,26-27,45H,6-7,9,11-13,18-19,22,25,28-44H2,1-5H3/p+1/b10-8-,16-14-,17-15-,21-20-,24-23-,27-26-. The molecule has 0 amide bonds. The molecule has 0 rings (SSSR count). The second-order valence-corrected chi connectivity index (χ2v) is 17.1. The fourth-order valence-electron chi connectivity index (χ4n) is 5.50. The fourth-order valence-corrected chi connectivity index (χ4v) is 6.25. The summed E-state index contributed by atoms with van der Waals surface area (Å²) in [6, 6.07) is 0. The number of phosphoric ester groups is 1. The molecule has 328 valence electrons. The Kier molecular flexibility index (Phi) is 37.2. The second kappa shape index (κ2) is 38.9. The summed E-state index contributed by atoms with van der Waals surface area (Å²) in [7, 11) is 1.44. The number of hydrogen-bond acceptors (Lipinski definition) is 7. The minimum atomic E-state index is -4.38. The zero-order chi connectivity index (χ0) is 42.1. The Balaban J connectivity index is 4.40. The maximum atomic E-state index is 12.7. The second-order valence-electron chi connectivity index (χ2n) is 15.7. The first-order valence-electron chi connectivity index (χ1n) is 22.2. The number of ether oxygens (including phenoxy) is 2. The highest BCUT2D eigenvalue weighted by Gasteiger charge is 2.27. The first-order chi connectivity index (χ1) is 27.5. The molecular formula is C47H83NO8P+. The van der Waals surface area contributed by atoms with Crippen LogP contribution in [0.5, 0.6) is 0 Å². The average molecular weight is 821 g/mol. The maximum absolute atomic E-state index is 12.7. The van der Waals surface area contributed by atoms with Crippen molar-refractivity contribution in [2.24, 2.45) is 0 Å². The lowest BCUT2D eigenvalue weighted by atomic mass is 10.1. The number of nitrogens with zero attached hydrogens (tertiary/aromatic N) is 1. The minimum absolute atomic E-state index is 0.0226. The molecule has 9 nitrogen and oxygen atoms in total. The van der Waals surface area contributed by atoms with Crippen LogP contribution in [0.4, 0.5) is 0 Å². The fraction of sp³-hybridized carbons (Fsp3) is 0.702. The van der Waals surface area contributed by atoms with E-state index in [2.05, 4.69) is 86.8 Å². The first kappa shape index (κ1) is 54.5. The van der Waals surface area contributed by atoms with Gasteiger partial charge < -0.3 is 18.9 Å². The Morgan fingerprint density at radius 2 is 1.00 bits per heavy atom. The van der Waals surface area contributed by atoms with Crippen molar-refractivity contribution in [2.45, 2.75) is 168 Å². The van der Waals surface area contributed by atoms with E-state index in [0.29, 0.717) is 17.4 Å². The van der Waals surface area contributed by atoms with Gasteiger partial charge in [-0.05, 0) is 83.5 Å². The van der Waals surface area contributed by atoms with Crippen molar-refractivity contribution in [3.63, 3.8) is 0 Å². The Bertz CT molecular complexity index is 1200. The van der Waals surface area contributed by atoms with Gasteiger partial charge in [0.2, 0.25) is 0 Å². The highest BCUT2D eigenvalue weighted by Crippen LogP contribution is 2.43. The van der Waals surface area contributed by atoms with Gasteiger partial charge in [0, 0.05) is 12.8 Å². The summed E-state index contributed by atoms with van der Waals surface area (Å²) in [6.45, 7) is 4.23. The number of rotatable bonds is 39. The molecule has 0 aromatic rings. The molecule has 0 saturated heterocycles. The quantitative estimate of drug-likeness (QED) is 0.0215. The van der Waals surface area contributed by atoms with Gasteiger partial charge in [-0.3, -0.25) is 18.6 Å². The number of carbonyl (C=O) groups excluding carboxylic acids is 2. The van der Waals surface area contributed by atoms with E-state index in [0.717, 1.165) is 103 Å². The van der Waals surface area contributed by atoms with Crippen molar-refractivity contribution in [1.82, 2.24) is 0 Å². The molecule has 0 aliphatic carbocycles. The molecule has 2 unspecified atom stereocenters. The molecule has 0 aromatic heterocycles. The lowest BCUT2D eigenvalue weighted by molar-refractivity contribution is -0.870. The third kappa shape index (κ3) is 42.9. The molecule has 0 saturated carbocycles. The zero-order valence-electron chi connectivity index (χ0n) is 36.8. The smallest absolute Gasteiger partial charge is 0.462 e. The van der Waals surface area contributed by atoms with Crippen LogP contribution in [0.2, 0.25) is 0 Å². The van der Waals surface area contributed by atoms with Crippen LogP contribution < -0.4 is 0 Å². The largest absolute Gasteiger partial charge is 0.472 e. The average Bonchev–Trinajstić information content (AvgIpc) is 3.16. The normalized spacial score (nSPS) is 14.3. The molecule has 0 aliphatic rings. The number of carbonyl (C=O) groups is 2. The minimum Gasteiger partial charge on any atom is -0.462 e. The Hall–Kier alpha value is -2.55. The van der Waals surface area contributed by atoms with Gasteiger partial charge in [-0.25, -0.2) is 4.57 Å². The molecule has 2 atom stereocenters. The molecule has 0 aromatic carbocycles. The van der Waals surface area contributed by atoms with E-state index in [1.807, 2.05) is 21.1 Å². The summed E-state index contributed by atoms with van der Waals surface area (Å²) in [5.41, 5.74) is 0. The number of esters is 2. The number of quaternary nitrogens is 1. The van der Waals surface area contributed by atoms with E-state index >= 15 is 0 Å². The van der Waals surface area contributed by atoms with Crippen LogP contribution in [-0.4, -0.2) is 74.9 Å². The van der Waals surface area contributed by atoms with Gasteiger partial charge in [0.15, 0.2) is 6.10 Å². The predicted octanol–water partition coefficient (Wildman–Crippen LogP) is 12.6. The van der Waals surface area contributed by atoms with Crippen LogP contribution in [0.25, 0.3) is 0 Å². The molecule has 0 spiro atoms. The SMILES string of the molecule is CC/C=C\C/C=C\C/C=C\C/C=C\C/C=C\CCCCCCCC(=O)OC(COC(=O)CCCCCCC/C=C\CCCCC)COP(=O)(O)OCC[N+](C)(C)C. The number of unbranched alkanes of at least 4 members (excludes halogenated alkanes) is 13. The van der Waals surface area contributed by atoms with Crippen LogP contribution in [0.3, 0.4) is 0 Å². The molecule has 0 radical (unpaired) electrons. The summed E-state index contributed by atoms with van der Waals surface area (Å²) in [5, 5.41) is 0. The summed E-state index contributed by atoms with van der Waals surface area (Å²) in [4.78, 5) is 35.3. The van der Waals surface area contributed by atoms with Gasteiger partial charge in [-0.2, -0.15) is 0 Å². The molecule has 0 heterocycles. The highest BCUT2D eigenvalue weighted by atomic mass is 31.2. The molecule has 1 N–H and O–H groups in total. The van der Waals surface area contributed by atoms with Gasteiger partial charge in [0.05, 0.1) is 27.7 Å². The third-order valence-corrected chi connectivity index (χ3v) is 9.95. The number of likely N-dealkylation sites (N-methyl/N-ethyl adjacent to an activating group) is 1. The van der Waals surface area contributed by atoms with Gasteiger partial charge in [-0.1, -0.05) is 138 Å². The van der Waals surface area contributed by atoms with Gasteiger partial charge >= 0.3 is 19.8 Å². The summed E-state index contributed by atoms with van der Waals surface area (Å²) in [5.74, 6) is -0.838. The summed E-state index contributed by atoms with van der Waals surface area (Å²) >= 11 is 0. The Morgan fingerprint density at radius 1 is 0.561 bits per heavy atom. The van der Waals surface area contributed by atoms with Gasteiger partial charge in [0.1, 0.15) is 19.8 Å². The number of allylic oxidation sites excluding steroid dienone is 12. The van der Waals surface area contributed by atoms with Crippen LogP contribution in [0.1, 0.15) is 162 Å². The zero-order valence-corrected chi connectivity index (χ0v) is 37.7. The van der Waals surface area contributed by atoms with Crippen LogP contribution in [0, 0.1) is 0 Å². The van der Waals surface area contributed by atoms with Gasteiger partial charge in [0.25, 0.3) is 0 Å². The van der Waals surface area contributed by atoms with Crippen molar-refractivity contribution in [2.75, 3.05) is 47.5 Å². The van der Waals surface area contributed by atoms with Crippen LogP contribution in [-0.2, 0) is 32.7 Å². The lowest BCUT2D eigenvalue weighted by Gasteiger charge is -2.24. The summed E-state index contributed by atoms with van der Waals surface area (Å²) in [6.07, 6.45) is 48.0. The van der Waals surface area contributed by atoms with E-state index in [9.17, 15) is 19.0 Å². The summed E-state index contributed by atoms with van der Waals surface area (Å²) < 4.78 is 34.3. The number of phosphoric acid groups is 1. The molecule has 57 heavy (non-hydrogen) atoms. The van der Waals surface area contributed by atoms with E-state index in [-0.39, 0.29) is 32.0 Å². The van der Waals surface area contributed by atoms with Crippen molar-refractivity contribution in [3.8, 4) is 0 Å². The van der Waals surface area contributed by atoms with Crippen molar-refractivity contribution >= 4 is 19.8 Å². The predicted molar refractivity (Wildman–Crippen MR) is 238 cm³/mol. The van der Waals surface area contributed by atoms with Crippen molar-refractivity contribution < 1.29 is 42.1 Å². The molecule has 0 fully saturated rings. The molecular weight excluding hydrogens is 737 g/mol. The monoisotopic (exact) mass is 821 g/mol. The molecule has 0 bridgehead atoms. The lowest BCUT2D eigenvalue weighted by Crippen LogP contribution is -2.37. The molecule has 10 heteroatoms. The van der Waals surface area contributed by atoms with E-state index in [4.69, 9.17) is 18.5 Å².